The van der Waals surface area contributed by atoms with Crippen LogP contribution in [-0.2, 0) is 12.8 Å². The molecule has 1 unspecified atom stereocenters. The van der Waals surface area contributed by atoms with Crippen LogP contribution in [0.25, 0.3) is 0 Å². The summed E-state index contributed by atoms with van der Waals surface area (Å²) in [7, 11) is 1.67. The van der Waals surface area contributed by atoms with Gasteiger partial charge in [0.05, 0.1) is 7.11 Å². The number of methoxy groups -OCH3 is 1. The highest BCUT2D eigenvalue weighted by atomic mass is 16.5. The van der Waals surface area contributed by atoms with Crippen LogP contribution >= 0.6 is 0 Å². The largest absolute Gasteiger partial charge is 0.497 e. The molecule has 0 fully saturated rings. The van der Waals surface area contributed by atoms with Crippen LogP contribution in [0.4, 0.5) is 11.5 Å². The second-order valence-corrected chi connectivity index (χ2v) is 7.32. The number of rotatable bonds is 6. The third-order valence-corrected chi connectivity index (χ3v) is 5.29. The highest BCUT2D eigenvalue weighted by Crippen LogP contribution is 2.33. The molecular formula is C24H25N3O2. The molecule has 148 valence electrons. The molecule has 0 radical (unpaired) electrons. The van der Waals surface area contributed by atoms with E-state index in [-0.39, 0.29) is 11.9 Å². The number of anilines is 2. The Morgan fingerprint density at radius 1 is 1.17 bits per heavy atom. The van der Waals surface area contributed by atoms with Crippen molar-refractivity contribution in [3.05, 3.63) is 83.6 Å². The van der Waals surface area contributed by atoms with Gasteiger partial charge < -0.3 is 15.0 Å². The van der Waals surface area contributed by atoms with Crippen LogP contribution in [0, 0.1) is 0 Å². The summed E-state index contributed by atoms with van der Waals surface area (Å²) in [5.41, 5.74) is 4.06. The van der Waals surface area contributed by atoms with E-state index in [4.69, 9.17) is 4.74 Å². The van der Waals surface area contributed by atoms with Gasteiger partial charge in [0.1, 0.15) is 11.6 Å². The zero-order valence-corrected chi connectivity index (χ0v) is 16.8. The van der Waals surface area contributed by atoms with Gasteiger partial charge in [-0.1, -0.05) is 30.3 Å². The average Bonchev–Trinajstić information content (AvgIpc) is 3.09. The van der Waals surface area contributed by atoms with Crippen molar-refractivity contribution in [1.82, 2.24) is 4.98 Å². The number of hydrogen-bond acceptors (Lipinski definition) is 4. The van der Waals surface area contributed by atoms with Crippen LogP contribution in [0.2, 0.25) is 0 Å². The number of pyridine rings is 1. The molecule has 1 atom stereocenters. The highest BCUT2D eigenvalue weighted by Gasteiger charge is 2.31. The van der Waals surface area contributed by atoms with Crippen molar-refractivity contribution in [3.8, 4) is 5.75 Å². The fourth-order valence-electron chi connectivity index (χ4n) is 3.84. The maximum atomic E-state index is 13.2. The van der Waals surface area contributed by atoms with E-state index in [0.29, 0.717) is 11.4 Å². The fourth-order valence-corrected chi connectivity index (χ4v) is 3.84. The summed E-state index contributed by atoms with van der Waals surface area (Å²) >= 11 is 0. The third-order valence-electron chi connectivity index (χ3n) is 5.29. The molecule has 0 bridgehead atoms. The molecule has 3 aromatic rings. The van der Waals surface area contributed by atoms with Crippen molar-refractivity contribution in [2.45, 2.75) is 25.8 Å². The van der Waals surface area contributed by atoms with Crippen LogP contribution in [0.3, 0.4) is 0 Å². The van der Waals surface area contributed by atoms with Crippen LogP contribution in [0.15, 0.2) is 66.9 Å². The Morgan fingerprint density at radius 2 is 2.03 bits per heavy atom. The highest BCUT2D eigenvalue weighted by molar-refractivity contribution is 6.08. The number of hydrogen-bond donors (Lipinski definition) is 1. The minimum Gasteiger partial charge on any atom is -0.497 e. The number of carbonyl (C=O) groups excluding carboxylic acids is 1. The number of amides is 1. The lowest BCUT2D eigenvalue weighted by atomic mass is 10.1. The van der Waals surface area contributed by atoms with Crippen LogP contribution in [-0.4, -0.2) is 30.6 Å². The summed E-state index contributed by atoms with van der Waals surface area (Å²) in [4.78, 5) is 19.5. The van der Waals surface area contributed by atoms with Crippen molar-refractivity contribution < 1.29 is 9.53 Å². The normalized spacial score (nSPS) is 15.1. The second-order valence-electron chi connectivity index (χ2n) is 7.32. The Morgan fingerprint density at radius 3 is 2.90 bits per heavy atom. The van der Waals surface area contributed by atoms with E-state index in [1.54, 1.807) is 19.4 Å². The minimum absolute atomic E-state index is 0.0145. The quantitative estimate of drug-likeness (QED) is 0.684. The first-order valence-corrected chi connectivity index (χ1v) is 9.90. The number of benzene rings is 2. The molecule has 2 heterocycles. The van der Waals surface area contributed by atoms with E-state index >= 15 is 0 Å². The van der Waals surface area contributed by atoms with Gasteiger partial charge in [-0.25, -0.2) is 4.98 Å². The summed E-state index contributed by atoms with van der Waals surface area (Å²) in [5, 5.41) is 3.32. The predicted octanol–water partition coefficient (Wildman–Crippen LogP) is 4.34. The summed E-state index contributed by atoms with van der Waals surface area (Å²) in [5.74, 6) is 1.58. The number of fused-ring (bicyclic) bond motifs is 1. The maximum absolute atomic E-state index is 13.2. The Kier molecular flexibility index (Phi) is 5.47. The van der Waals surface area contributed by atoms with Gasteiger partial charge in [0.25, 0.3) is 5.91 Å². The Bertz CT molecular complexity index is 1020. The monoisotopic (exact) mass is 387 g/mol. The van der Waals surface area contributed by atoms with E-state index in [1.807, 2.05) is 47.4 Å². The Balaban J connectivity index is 1.44. The number of carbonyl (C=O) groups is 1. The summed E-state index contributed by atoms with van der Waals surface area (Å²) in [6.07, 6.45) is 3.42. The van der Waals surface area contributed by atoms with Crippen molar-refractivity contribution in [2.75, 3.05) is 23.9 Å². The van der Waals surface area contributed by atoms with Crippen molar-refractivity contribution in [3.63, 3.8) is 0 Å². The van der Waals surface area contributed by atoms with Gasteiger partial charge in [0, 0.05) is 30.0 Å². The molecule has 0 saturated carbocycles. The van der Waals surface area contributed by atoms with Gasteiger partial charge in [-0.3, -0.25) is 4.79 Å². The van der Waals surface area contributed by atoms with E-state index in [9.17, 15) is 4.79 Å². The van der Waals surface area contributed by atoms with Crippen LogP contribution < -0.4 is 15.0 Å². The molecule has 5 heteroatoms. The Labute approximate surface area is 171 Å². The summed E-state index contributed by atoms with van der Waals surface area (Å²) < 4.78 is 5.27. The fraction of sp³-hybridized carbons (Fsp3) is 0.250. The molecule has 1 aromatic heterocycles. The molecule has 29 heavy (non-hydrogen) atoms. The van der Waals surface area contributed by atoms with Crippen LogP contribution in [0.5, 0.6) is 5.75 Å². The number of aromatic nitrogens is 1. The number of para-hydroxylation sites is 1. The number of nitrogens with zero attached hydrogens (tertiary/aromatic N) is 2. The first-order valence-electron chi connectivity index (χ1n) is 9.90. The third kappa shape index (κ3) is 4.09. The summed E-state index contributed by atoms with van der Waals surface area (Å²) in [6, 6.07) is 19.9. The van der Waals surface area contributed by atoms with Gasteiger partial charge in [0.2, 0.25) is 0 Å². The van der Waals surface area contributed by atoms with E-state index in [2.05, 4.69) is 29.4 Å². The molecule has 2 aromatic carbocycles. The molecule has 0 aliphatic carbocycles. The lowest BCUT2D eigenvalue weighted by molar-refractivity contribution is 0.0981. The first-order chi connectivity index (χ1) is 14.2. The molecule has 1 aliphatic heterocycles. The van der Waals surface area contributed by atoms with Gasteiger partial charge in [-0.05, 0) is 61.2 Å². The molecule has 1 aliphatic rings. The van der Waals surface area contributed by atoms with Crippen LogP contribution in [0.1, 0.15) is 28.4 Å². The molecule has 1 N–H and O–H groups in total. The standard InChI is InChI=1S/C24H25N3O2/c1-17-14-19-7-3-4-9-22(19)27(17)24(28)20-11-13-26-23(16-20)25-12-10-18-6-5-8-21(15-18)29-2/h3-9,11,13,15-17H,10,12,14H2,1-2H3,(H,25,26). The molecule has 0 saturated heterocycles. The second kappa shape index (κ2) is 8.35. The average molecular weight is 387 g/mol. The smallest absolute Gasteiger partial charge is 0.258 e. The van der Waals surface area contributed by atoms with Crippen molar-refractivity contribution in [1.29, 1.82) is 0 Å². The minimum atomic E-state index is 0.0145. The van der Waals surface area contributed by atoms with Gasteiger partial charge in [0.15, 0.2) is 0 Å². The maximum Gasteiger partial charge on any atom is 0.258 e. The SMILES string of the molecule is COc1cccc(CCNc2cc(C(=O)N3c4ccccc4CC3C)ccn2)c1. The molecular weight excluding hydrogens is 362 g/mol. The topological polar surface area (TPSA) is 54.5 Å². The van der Waals surface area contributed by atoms with E-state index < -0.39 is 0 Å². The lowest BCUT2D eigenvalue weighted by Gasteiger charge is -2.23. The van der Waals surface area contributed by atoms with Crippen molar-refractivity contribution >= 4 is 17.4 Å². The molecule has 0 spiro atoms. The van der Waals surface area contributed by atoms with Crippen molar-refractivity contribution in [2.24, 2.45) is 0 Å². The zero-order valence-electron chi connectivity index (χ0n) is 16.8. The zero-order chi connectivity index (χ0) is 20.2. The molecule has 1 amide bonds. The molecule has 4 rings (SSSR count). The predicted molar refractivity (Wildman–Crippen MR) is 116 cm³/mol. The van der Waals surface area contributed by atoms with Gasteiger partial charge >= 0.3 is 0 Å². The lowest BCUT2D eigenvalue weighted by Crippen LogP contribution is -2.35. The first kappa shape index (κ1) is 19.0. The van der Waals surface area contributed by atoms with Gasteiger partial charge in [-0.15, -0.1) is 0 Å². The number of ether oxygens (including phenoxy) is 1. The van der Waals surface area contributed by atoms with Gasteiger partial charge in [-0.2, -0.15) is 0 Å². The number of nitrogens with one attached hydrogen (secondary N) is 1. The molecule has 5 nitrogen and oxygen atoms in total. The Hall–Kier alpha value is -3.34. The van der Waals surface area contributed by atoms with E-state index in [1.165, 1.54) is 11.1 Å². The summed E-state index contributed by atoms with van der Waals surface area (Å²) in [6.45, 7) is 2.81. The van der Waals surface area contributed by atoms with E-state index in [0.717, 1.165) is 30.8 Å².